The molecule has 1 amide bonds. The van der Waals surface area contributed by atoms with Crippen molar-refractivity contribution in [1.82, 2.24) is 9.55 Å². The highest BCUT2D eigenvalue weighted by atomic mass is 32.2. The SMILES string of the molecule is O=C(CSc1nc(=O)n(Cc2cccs2)c2c1CCCC2)Nc1ccc2c(c1)OCO2. The van der Waals surface area contributed by atoms with Crippen LogP contribution >= 0.6 is 23.1 Å². The molecule has 7 nitrogen and oxygen atoms in total. The summed E-state index contributed by atoms with van der Waals surface area (Å²) >= 11 is 2.97. The Morgan fingerprint density at radius 1 is 1.19 bits per heavy atom. The second kappa shape index (κ2) is 8.76. The number of carbonyl (C=O) groups is 1. The van der Waals surface area contributed by atoms with Crippen LogP contribution in [-0.2, 0) is 24.2 Å². The summed E-state index contributed by atoms with van der Waals surface area (Å²) in [7, 11) is 0. The third kappa shape index (κ3) is 4.33. The van der Waals surface area contributed by atoms with E-state index in [1.165, 1.54) is 11.8 Å². The molecule has 1 aliphatic carbocycles. The smallest absolute Gasteiger partial charge is 0.349 e. The van der Waals surface area contributed by atoms with Gasteiger partial charge in [-0.3, -0.25) is 9.36 Å². The van der Waals surface area contributed by atoms with Gasteiger partial charge in [-0.15, -0.1) is 11.3 Å². The maximum absolute atomic E-state index is 12.8. The Balaban J connectivity index is 1.31. The van der Waals surface area contributed by atoms with Crippen LogP contribution in [0.15, 0.2) is 45.5 Å². The van der Waals surface area contributed by atoms with Gasteiger partial charge >= 0.3 is 5.69 Å². The van der Waals surface area contributed by atoms with E-state index >= 15 is 0 Å². The molecule has 1 N–H and O–H groups in total. The molecule has 2 aliphatic rings. The van der Waals surface area contributed by atoms with E-state index in [-0.39, 0.29) is 24.1 Å². The van der Waals surface area contributed by atoms with E-state index in [9.17, 15) is 9.59 Å². The molecule has 31 heavy (non-hydrogen) atoms. The largest absolute Gasteiger partial charge is 0.454 e. The normalized spacial score (nSPS) is 14.3. The predicted molar refractivity (Wildman–Crippen MR) is 120 cm³/mol. The fourth-order valence-electron chi connectivity index (χ4n) is 3.89. The Morgan fingerprint density at radius 2 is 2.06 bits per heavy atom. The van der Waals surface area contributed by atoms with Gasteiger partial charge in [-0.1, -0.05) is 17.8 Å². The number of fused-ring (bicyclic) bond motifs is 2. The Kier molecular flexibility index (Phi) is 5.69. The second-order valence-electron chi connectivity index (χ2n) is 7.40. The lowest BCUT2D eigenvalue weighted by atomic mass is 9.97. The van der Waals surface area contributed by atoms with Crippen LogP contribution in [0.25, 0.3) is 0 Å². The Bertz CT molecular complexity index is 1170. The molecule has 2 aromatic heterocycles. The van der Waals surface area contributed by atoms with Crippen molar-refractivity contribution in [2.24, 2.45) is 0 Å². The van der Waals surface area contributed by atoms with E-state index in [1.54, 1.807) is 34.1 Å². The standard InChI is InChI=1S/C22H21N3O4S2/c26-20(23-14-7-8-18-19(10-14)29-13-28-18)12-31-21-16-5-1-2-6-17(16)25(22(27)24-21)11-15-4-3-9-30-15/h3-4,7-10H,1-2,5-6,11-13H2,(H,23,26). The van der Waals surface area contributed by atoms with Gasteiger partial charge in [0.1, 0.15) is 5.03 Å². The molecule has 0 fully saturated rings. The van der Waals surface area contributed by atoms with Crippen molar-refractivity contribution in [2.45, 2.75) is 37.3 Å². The van der Waals surface area contributed by atoms with Gasteiger partial charge < -0.3 is 14.8 Å². The number of aromatic nitrogens is 2. The minimum absolute atomic E-state index is 0.155. The molecule has 0 saturated carbocycles. The molecular formula is C22H21N3O4S2. The van der Waals surface area contributed by atoms with Crippen LogP contribution in [-0.4, -0.2) is 28.0 Å². The Hall–Kier alpha value is -2.78. The quantitative estimate of drug-likeness (QED) is 0.451. The van der Waals surface area contributed by atoms with Crippen molar-refractivity contribution in [3.8, 4) is 11.5 Å². The fraction of sp³-hybridized carbons (Fsp3) is 0.318. The third-order valence-corrected chi connectivity index (χ3v) is 7.22. The summed E-state index contributed by atoms with van der Waals surface area (Å²) in [5, 5.41) is 5.57. The molecule has 1 aliphatic heterocycles. The molecule has 0 bridgehead atoms. The van der Waals surface area contributed by atoms with Gasteiger partial charge in [-0.05, 0) is 49.3 Å². The highest BCUT2D eigenvalue weighted by Gasteiger charge is 2.21. The van der Waals surface area contributed by atoms with Gasteiger partial charge in [-0.25, -0.2) is 4.79 Å². The summed E-state index contributed by atoms with van der Waals surface area (Å²) in [5.74, 6) is 1.32. The molecule has 1 aromatic carbocycles. The number of rotatable bonds is 6. The van der Waals surface area contributed by atoms with Crippen molar-refractivity contribution >= 4 is 34.7 Å². The van der Waals surface area contributed by atoms with Crippen LogP contribution in [0.5, 0.6) is 11.5 Å². The number of hydrogen-bond donors (Lipinski definition) is 1. The molecule has 0 unspecified atom stereocenters. The van der Waals surface area contributed by atoms with E-state index in [0.717, 1.165) is 41.8 Å². The van der Waals surface area contributed by atoms with Gasteiger partial charge in [0, 0.05) is 27.9 Å². The number of ether oxygens (including phenoxy) is 2. The zero-order valence-electron chi connectivity index (χ0n) is 16.8. The summed E-state index contributed by atoms with van der Waals surface area (Å²) in [6, 6.07) is 9.33. The molecular weight excluding hydrogens is 434 g/mol. The first-order chi connectivity index (χ1) is 15.2. The molecule has 3 heterocycles. The summed E-state index contributed by atoms with van der Waals surface area (Å²) in [4.78, 5) is 30.8. The zero-order valence-corrected chi connectivity index (χ0v) is 18.4. The van der Waals surface area contributed by atoms with E-state index in [1.807, 2.05) is 17.5 Å². The van der Waals surface area contributed by atoms with Crippen LogP contribution in [0.2, 0.25) is 0 Å². The Labute approximate surface area is 187 Å². The summed E-state index contributed by atoms with van der Waals surface area (Å²) in [5.41, 5.74) is 2.59. The minimum Gasteiger partial charge on any atom is -0.454 e. The first-order valence-electron chi connectivity index (χ1n) is 10.1. The van der Waals surface area contributed by atoms with Crippen molar-refractivity contribution < 1.29 is 14.3 Å². The lowest BCUT2D eigenvalue weighted by molar-refractivity contribution is -0.113. The first-order valence-corrected chi connectivity index (χ1v) is 12.0. The van der Waals surface area contributed by atoms with Crippen LogP contribution < -0.4 is 20.5 Å². The maximum Gasteiger partial charge on any atom is 0.349 e. The van der Waals surface area contributed by atoms with Gasteiger partial charge in [0.25, 0.3) is 0 Å². The van der Waals surface area contributed by atoms with Crippen molar-refractivity contribution in [3.63, 3.8) is 0 Å². The highest BCUT2D eigenvalue weighted by molar-refractivity contribution is 8.00. The molecule has 0 atom stereocenters. The molecule has 0 saturated heterocycles. The lowest BCUT2D eigenvalue weighted by Crippen LogP contribution is -2.30. The number of amides is 1. The van der Waals surface area contributed by atoms with Crippen molar-refractivity contribution in [3.05, 3.63) is 62.3 Å². The number of thioether (sulfide) groups is 1. The molecule has 3 aromatic rings. The summed E-state index contributed by atoms with van der Waals surface area (Å²) < 4.78 is 12.4. The molecule has 9 heteroatoms. The molecule has 5 rings (SSSR count). The fourth-order valence-corrected chi connectivity index (χ4v) is 5.46. The van der Waals surface area contributed by atoms with E-state index < -0.39 is 0 Å². The minimum atomic E-state index is -0.243. The lowest BCUT2D eigenvalue weighted by Gasteiger charge is -2.22. The number of anilines is 1. The number of nitrogens with zero attached hydrogens (tertiary/aromatic N) is 2. The molecule has 0 spiro atoms. The highest BCUT2D eigenvalue weighted by Crippen LogP contribution is 2.34. The Morgan fingerprint density at radius 3 is 2.94 bits per heavy atom. The second-order valence-corrected chi connectivity index (χ2v) is 9.40. The number of carbonyl (C=O) groups excluding carboxylic acids is 1. The van der Waals surface area contributed by atoms with Gasteiger partial charge in [-0.2, -0.15) is 4.98 Å². The van der Waals surface area contributed by atoms with Crippen LogP contribution in [0.4, 0.5) is 5.69 Å². The molecule has 0 radical (unpaired) electrons. The average molecular weight is 456 g/mol. The monoisotopic (exact) mass is 455 g/mol. The van der Waals surface area contributed by atoms with Crippen LogP contribution in [0.3, 0.4) is 0 Å². The van der Waals surface area contributed by atoms with Crippen LogP contribution in [0.1, 0.15) is 29.0 Å². The summed E-state index contributed by atoms with van der Waals surface area (Å²) in [6.07, 6.45) is 3.90. The number of thiophene rings is 1. The topological polar surface area (TPSA) is 82.5 Å². The van der Waals surface area contributed by atoms with Crippen LogP contribution in [0, 0.1) is 0 Å². The summed E-state index contributed by atoms with van der Waals surface area (Å²) in [6.45, 7) is 0.749. The number of benzene rings is 1. The van der Waals surface area contributed by atoms with E-state index in [2.05, 4.69) is 10.3 Å². The van der Waals surface area contributed by atoms with Crippen molar-refractivity contribution in [1.29, 1.82) is 0 Å². The van der Waals surface area contributed by atoms with Crippen molar-refractivity contribution in [2.75, 3.05) is 17.9 Å². The van der Waals surface area contributed by atoms with E-state index in [4.69, 9.17) is 9.47 Å². The van der Waals surface area contributed by atoms with Gasteiger partial charge in [0.2, 0.25) is 12.7 Å². The average Bonchev–Trinajstić information content (AvgIpc) is 3.46. The predicted octanol–water partition coefficient (Wildman–Crippen LogP) is 3.69. The zero-order chi connectivity index (χ0) is 21.2. The third-order valence-electron chi connectivity index (χ3n) is 5.34. The number of nitrogens with one attached hydrogen (secondary N) is 1. The number of hydrogen-bond acceptors (Lipinski definition) is 7. The molecule has 160 valence electrons. The van der Waals surface area contributed by atoms with E-state index in [0.29, 0.717) is 28.8 Å². The first kappa shape index (κ1) is 20.1. The van der Waals surface area contributed by atoms with Gasteiger partial charge in [0.15, 0.2) is 11.5 Å². The van der Waals surface area contributed by atoms with Gasteiger partial charge in [0.05, 0.1) is 12.3 Å². The maximum atomic E-state index is 12.8.